The van der Waals surface area contributed by atoms with Gasteiger partial charge in [-0.25, -0.2) is 9.97 Å². The lowest BCUT2D eigenvalue weighted by molar-refractivity contribution is -0.119. The number of hydrogen-bond acceptors (Lipinski definition) is 6. The summed E-state index contributed by atoms with van der Waals surface area (Å²) in [6.45, 7) is 2.05. The van der Waals surface area contributed by atoms with E-state index in [1.54, 1.807) is 19.5 Å². The highest BCUT2D eigenvalue weighted by Gasteiger charge is 2.20. The maximum absolute atomic E-state index is 10.8. The number of ether oxygens (including phenoxy) is 1. The first-order valence-electron chi connectivity index (χ1n) is 6.30. The standard InChI is InChI=1S/C12H19N5O2/c1-19-10-6-14-12(15-7-10)16-9-2-4-17(5-3-9)8-11(13)18/h6-7,9H,2-5,8H2,1H3,(H2,13,18)(H,14,15,16). The molecule has 7 nitrogen and oxygen atoms in total. The van der Waals surface area contributed by atoms with E-state index in [4.69, 9.17) is 10.5 Å². The molecule has 1 fully saturated rings. The largest absolute Gasteiger partial charge is 0.494 e. The van der Waals surface area contributed by atoms with Gasteiger partial charge in [-0.2, -0.15) is 0 Å². The monoisotopic (exact) mass is 265 g/mol. The van der Waals surface area contributed by atoms with Crippen LogP contribution < -0.4 is 15.8 Å². The van der Waals surface area contributed by atoms with Crippen LogP contribution in [-0.4, -0.2) is 53.6 Å². The molecule has 0 aromatic carbocycles. The second kappa shape index (κ2) is 6.33. The Labute approximate surface area is 112 Å². The Balaban J connectivity index is 1.80. The van der Waals surface area contributed by atoms with Crippen LogP contribution in [-0.2, 0) is 4.79 Å². The number of aromatic nitrogens is 2. The number of methoxy groups -OCH3 is 1. The molecule has 1 aliphatic rings. The number of nitrogens with two attached hydrogens (primary N) is 1. The Morgan fingerprint density at radius 1 is 1.47 bits per heavy atom. The van der Waals surface area contributed by atoms with Crippen molar-refractivity contribution in [3.8, 4) is 5.75 Å². The zero-order valence-electron chi connectivity index (χ0n) is 11.0. The van der Waals surface area contributed by atoms with Gasteiger partial charge in [0, 0.05) is 19.1 Å². The molecule has 0 atom stereocenters. The van der Waals surface area contributed by atoms with E-state index in [1.165, 1.54) is 0 Å². The Bertz CT molecular complexity index is 415. The van der Waals surface area contributed by atoms with Crippen LogP contribution in [0.4, 0.5) is 5.95 Å². The molecule has 0 unspecified atom stereocenters. The number of likely N-dealkylation sites (tertiary alicyclic amines) is 1. The number of nitrogens with zero attached hydrogens (tertiary/aromatic N) is 3. The van der Waals surface area contributed by atoms with Gasteiger partial charge in [0.25, 0.3) is 0 Å². The minimum atomic E-state index is -0.273. The molecule has 1 saturated heterocycles. The predicted molar refractivity (Wildman–Crippen MR) is 70.9 cm³/mol. The van der Waals surface area contributed by atoms with Crippen molar-refractivity contribution in [3.05, 3.63) is 12.4 Å². The zero-order valence-corrected chi connectivity index (χ0v) is 11.0. The first kappa shape index (κ1) is 13.5. The fourth-order valence-electron chi connectivity index (χ4n) is 2.13. The van der Waals surface area contributed by atoms with E-state index in [9.17, 15) is 4.79 Å². The Kier molecular flexibility index (Phi) is 4.51. The topological polar surface area (TPSA) is 93.4 Å². The molecule has 1 aliphatic heterocycles. The number of amides is 1. The fourth-order valence-corrected chi connectivity index (χ4v) is 2.13. The zero-order chi connectivity index (χ0) is 13.7. The molecular formula is C12H19N5O2. The lowest BCUT2D eigenvalue weighted by Gasteiger charge is -2.31. The summed E-state index contributed by atoms with van der Waals surface area (Å²) in [5.41, 5.74) is 5.18. The quantitative estimate of drug-likeness (QED) is 0.769. The van der Waals surface area contributed by atoms with Crippen molar-refractivity contribution in [1.82, 2.24) is 14.9 Å². The number of carbonyl (C=O) groups is 1. The van der Waals surface area contributed by atoms with Crippen molar-refractivity contribution in [2.24, 2.45) is 5.73 Å². The lowest BCUT2D eigenvalue weighted by Crippen LogP contribution is -2.43. The highest BCUT2D eigenvalue weighted by atomic mass is 16.5. The van der Waals surface area contributed by atoms with Gasteiger partial charge in [0.15, 0.2) is 5.75 Å². The Morgan fingerprint density at radius 3 is 2.63 bits per heavy atom. The van der Waals surface area contributed by atoms with Crippen LogP contribution in [0.25, 0.3) is 0 Å². The fraction of sp³-hybridized carbons (Fsp3) is 0.583. The molecular weight excluding hydrogens is 246 g/mol. The van der Waals surface area contributed by atoms with Gasteiger partial charge in [-0.3, -0.25) is 9.69 Å². The number of piperidine rings is 1. The van der Waals surface area contributed by atoms with Crippen LogP contribution in [0, 0.1) is 0 Å². The van der Waals surface area contributed by atoms with Crippen LogP contribution in [0.3, 0.4) is 0 Å². The van der Waals surface area contributed by atoms with E-state index in [-0.39, 0.29) is 5.91 Å². The van der Waals surface area contributed by atoms with E-state index in [0.29, 0.717) is 24.3 Å². The third kappa shape index (κ3) is 4.06. The maximum Gasteiger partial charge on any atom is 0.231 e. The van der Waals surface area contributed by atoms with Crippen LogP contribution in [0.2, 0.25) is 0 Å². The molecule has 3 N–H and O–H groups in total. The van der Waals surface area contributed by atoms with Gasteiger partial charge >= 0.3 is 0 Å². The average Bonchev–Trinajstić information content (AvgIpc) is 2.41. The Hall–Kier alpha value is -1.89. The second-order valence-electron chi connectivity index (χ2n) is 4.61. The van der Waals surface area contributed by atoms with E-state index in [1.807, 2.05) is 0 Å². The number of anilines is 1. The highest BCUT2D eigenvalue weighted by Crippen LogP contribution is 2.14. The van der Waals surface area contributed by atoms with Gasteiger partial charge < -0.3 is 15.8 Å². The molecule has 0 radical (unpaired) electrons. The molecule has 1 amide bonds. The van der Waals surface area contributed by atoms with Crippen molar-refractivity contribution in [2.75, 3.05) is 32.1 Å². The third-order valence-electron chi connectivity index (χ3n) is 3.16. The third-order valence-corrected chi connectivity index (χ3v) is 3.16. The Morgan fingerprint density at radius 2 is 2.11 bits per heavy atom. The molecule has 1 aromatic rings. The molecule has 2 heterocycles. The molecule has 19 heavy (non-hydrogen) atoms. The van der Waals surface area contributed by atoms with Gasteiger partial charge in [-0.05, 0) is 12.8 Å². The highest BCUT2D eigenvalue weighted by molar-refractivity contribution is 5.75. The first-order chi connectivity index (χ1) is 9.17. The summed E-state index contributed by atoms with van der Waals surface area (Å²) >= 11 is 0. The summed E-state index contributed by atoms with van der Waals surface area (Å²) in [7, 11) is 1.58. The normalized spacial score (nSPS) is 17.1. The SMILES string of the molecule is COc1cnc(NC2CCN(CC(N)=O)CC2)nc1. The first-order valence-corrected chi connectivity index (χ1v) is 6.30. The summed E-state index contributed by atoms with van der Waals surface area (Å²) < 4.78 is 5.01. The number of primary amides is 1. The number of carbonyl (C=O) groups excluding carboxylic acids is 1. The molecule has 2 rings (SSSR count). The van der Waals surface area contributed by atoms with Crippen molar-refractivity contribution in [2.45, 2.75) is 18.9 Å². The number of nitrogens with one attached hydrogen (secondary N) is 1. The van der Waals surface area contributed by atoms with Crippen LogP contribution in [0.1, 0.15) is 12.8 Å². The van der Waals surface area contributed by atoms with Crippen molar-refractivity contribution < 1.29 is 9.53 Å². The molecule has 7 heteroatoms. The van der Waals surface area contributed by atoms with Crippen LogP contribution in [0.5, 0.6) is 5.75 Å². The summed E-state index contributed by atoms with van der Waals surface area (Å²) in [6.07, 6.45) is 5.17. The molecule has 0 saturated carbocycles. The summed E-state index contributed by atoms with van der Waals surface area (Å²) in [4.78, 5) is 21.3. The van der Waals surface area contributed by atoms with E-state index < -0.39 is 0 Å². The van der Waals surface area contributed by atoms with E-state index >= 15 is 0 Å². The minimum absolute atomic E-state index is 0.273. The molecule has 0 bridgehead atoms. The second-order valence-corrected chi connectivity index (χ2v) is 4.61. The number of hydrogen-bond donors (Lipinski definition) is 2. The predicted octanol–water partition coefficient (Wildman–Crippen LogP) is -0.153. The molecule has 104 valence electrons. The maximum atomic E-state index is 10.8. The van der Waals surface area contributed by atoms with Crippen molar-refractivity contribution in [1.29, 1.82) is 0 Å². The van der Waals surface area contributed by atoms with Gasteiger partial charge in [0.05, 0.1) is 26.0 Å². The average molecular weight is 265 g/mol. The van der Waals surface area contributed by atoms with Gasteiger partial charge in [0.2, 0.25) is 11.9 Å². The minimum Gasteiger partial charge on any atom is -0.494 e. The number of rotatable bonds is 5. The molecule has 0 aliphatic carbocycles. The van der Waals surface area contributed by atoms with Crippen LogP contribution in [0.15, 0.2) is 12.4 Å². The van der Waals surface area contributed by atoms with Gasteiger partial charge in [0.1, 0.15) is 0 Å². The molecule has 0 spiro atoms. The van der Waals surface area contributed by atoms with Gasteiger partial charge in [-0.15, -0.1) is 0 Å². The van der Waals surface area contributed by atoms with Crippen LogP contribution >= 0.6 is 0 Å². The molecule has 1 aromatic heterocycles. The summed E-state index contributed by atoms with van der Waals surface area (Å²) in [5.74, 6) is 0.973. The smallest absolute Gasteiger partial charge is 0.231 e. The van der Waals surface area contributed by atoms with Crippen molar-refractivity contribution >= 4 is 11.9 Å². The lowest BCUT2D eigenvalue weighted by atomic mass is 10.1. The summed E-state index contributed by atoms with van der Waals surface area (Å²) in [5, 5.41) is 3.29. The summed E-state index contributed by atoms with van der Waals surface area (Å²) in [6, 6.07) is 0.331. The van der Waals surface area contributed by atoms with Crippen molar-refractivity contribution in [3.63, 3.8) is 0 Å². The van der Waals surface area contributed by atoms with E-state index in [0.717, 1.165) is 25.9 Å². The van der Waals surface area contributed by atoms with E-state index in [2.05, 4.69) is 20.2 Å². The van der Waals surface area contributed by atoms with Gasteiger partial charge in [-0.1, -0.05) is 0 Å².